The third-order valence-electron chi connectivity index (χ3n) is 8.43. The molecule has 0 aromatic carbocycles. The lowest BCUT2D eigenvalue weighted by atomic mass is 9.99. The maximum atomic E-state index is 2.45. The van der Waals surface area contributed by atoms with E-state index in [2.05, 4.69) is 24.6 Å². The van der Waals surface area contributed by atoms with Crippen LogP contribution in [0.15, 0.2) is 10.8 Å². The average molecular weight is 533 g/mol. The molecule has 1 aromatic heterocycles. The maximum absolute atomic E-state index is 2.45. The Morgan fingerprint density at radius 1 is 0.324 bits per heavy atom. The zero-order valence-electron chi connectivity index (χ0n) is 25.8. The van der Waals surface area contributed by atoms with Crippen LogP contribution in [0.25, 0.3) is 0 Å². The molecule has 0 bridgehead atoms. The van der Waals surface area contributed by atoms with Gasteiger partial charge >= 0.3 is 0 Å². The third kappa shape index (κ3) is 23.3. The first-order valence-corrected chi connectivity index (χ1v) is 18.4. The minimum atomic E-state index is 1.33. The Hall–Kier alpha value is -0.300. The molecular formula is C36H68S. The summed E-state index contributed by atoms with van der Waals surface area (Å²) in [5, 5.41) is 4.89. The summed E-state index contributed by atoms with van der Waals surface area (Å²) in [6, 6.07) is 0. The fourth-order valence-corrected chi connectivity index (χ4v) is 6.74. The van der Waals surface area contributed by atoms with Crippen molar-refractivity contribution in [1.29, 1.82) is 0 Å². The number of hydrogen-bond donors (Lipinski definition) is 0. The molecule has 0 saturated heterocycles. The summed E-state index contributed by atoms with van der Waals surface area (Å²) in [4.78, 5) is 0. The Labute approximate surface area is 239 Å². The number of unbranched alkanes of at least 4 members (excludes halogenated alkanes) is 26. The van der Waals surface area contributed by atoms with E-state index in [9.17, 15) is 0 Å². The van der Waals surface area contributed by atoms with Gasteiger partial charge in [0.15, 0.2) is 0 Å². The van der Waals surface area contributed by atoms with Crippen LogP contribution in [0.5, 0.6) is 0 Å². The van der Waals surface area contributed by atoms with Crippen molar-refractivity contribution in [2.45, 2.75) is 206 Å². The zero-order chi connectivity index (χ0) is 26.5. The Morgan fingerprint density at radius 3 is 0.784 bits per heavy atom. The molecule has 0 fully saturated rings. The third-order valence-corrected chi connectivity index (χ3v) is 9.27. The van der Waals surface area contributed by atoms with E-state index in [1.165, 1.54) is 193 Å². The van der Waals surface area contributed by atoms with Crippen LogP contribution < -0.4 is 0 Å². The molecule has 0 radical (unpaired) electrons. The number of rotatable bonds is 30. The van der Waals surface area contributed by atoms with E-state index < -0.39 is 0 Å². The van der Waals surface area contributed by atoms with Crippen molar-refractivity contribution in [3.63, 3.8) is 0 Å². The van der Waals surface area contributed by atoms with Crippen molar-refractivity contribution >= 4 is 11.3 Å². The fourth-order valence-electron chi connectivity index (χ4n) is 5.81. The lowest BCUT2D eigenvalue weighted by Gasteiger charge is -2.06. The summed E-state index contributed by atoms with van der Waals surface area (Å²) in [6.45, 7) is 4.61. The van der Waals surface area contributed by atoms with Gasteiger partial charge in [0.05, 0.1) is 0 Å². The van der Waals surface area contributed by atoms with Crippen LogP contribution in [0.3, 0.4) is 0 Å². The lowest BCUT2D eigenvalue weighted by Crippen LogP contribution is -1.92. The van der Waals surface area contributed by atoms with Gasteiger partial charge in [0.2, 0.25) is 0 Å². The second-order valence-corrected chi connectivity index (χ2v) is 12.9. The minimum absolute atomic E-state index is 1.33. The van der Waals surface area contributed by atoms with E-state index >= 15 is 0 Å². The molecule has 1 rings (SSSR count). The number of aryl methyl sites for hydroxylation is 2. The molecule has 0 aliphatic carbocycles. The van der Waals surface area contributed by atoms with E-state index in [0.29, 0.717) is 0 Å². The molecule has 218 valence electrons. The first-order chi connectivity index (χ1) is 18.4. The van der Waals surface area contributed by atoms with Crippen molar-refractivity contribution in [3.8, 4) is 0 Å². The summed E-state index contributed by atoms with van der Waals surface area (Å²) in [6.07, 6.45) is 43.4. The molecule has 0 aliphatic rings. The standard InChI is InChI=1S/C36H68S/c1-3-5-7-9-11-13-15-17-18-19-20-22-24-26-28-30-32-36-34-37-33-35(36)31-29-27-25-23-21-16-14-12-10-8-6-4-2/h33-34H,3-32H2,1-2H3. The second-order valence-electron chi connectivity index (χ2n) is 12.1. The van der Waals surface area contributed by atoms with Gasteiger partial charge in [-0.05, 0) is 47.6 Å². The highest BCUT2D eigenvalue weighted by atomic mass is 32.1. The van der Waals surface area contributed by atoms with Gasteiger partial charge in [0.1, 0.15) is 0 Å². The van der Waals surface area contributed by atoms with E-state index in [1.54, 1.807) is 11.1 Å². The maximum Gasteiger partial charge on any atom is -0.00584 e. The van der Waals surface area contributed by atoms with Crippen molar-refractivity contribution in [3.05, 3.63) is 21.9 Å². The SMILES string of the molecule is CCCCCCCCCCCCCCCCCCc1cscc1CCCCCCCCCCCCCC. The molecule has 37 heavy (non-hydrogen) atoms. The predicted octanol–water partition coefficient (Wildman–Crippen LogP) is 13.8. The first-order valence-electron chi connectivity index (χ1n) is 17.4. The molecular weight excluding hydrogens is 464 g/mol. The monoisotopic (exact) mass is 533 g/mol. The molecule has 1 aromatic rings. The molecule has 0 atom stereocenters. The second kappa shape index (κ2) is 28.7. The minimum Gasteiger partial charge on any atom is -0.152 e. The zero-order valence-corrected chi connectivity index (χ0v) is 26.6. The van der Waals surface area contributed by atoms with Crippen LogP contribution in [0.2, 0.25) is 0 Å². The Balaban J connectivity index is 1.84. The van der Waals surface area contributed by atoms with Crippen molar-refractivity contribution in [2.24, 2.45) is 0 Å². The Bertz CT molecular complexity index is 545. The van der Waals surface area contributed by atoms with Crippen LogP contribution in [0, 0.1) is 0 Å². The van der Waals surface area contributed by atoms with Crippen LogP contribution >= 0.6 is 11.3 Å². The first kappa shape index (κ1) is 34.7. The number of hydrogen-bond acceptors (Lipinski definition) is 1. The fraction of sp³-hybridized carbons (Fsp3) is 0.889. The van der Waals surface area contributed by atoms with Gasteiger partial charge in [0.25, 0.3) is 0 Å². The van der Waals surface area contributed by atoms with Crippen LogP contribution in [-0.2, 0) is 12.8 Å². The normalized spacial score (nSPS) is 11.5. The van der Waals surface area contributed by atoms with E-state index in [-0.39, 0.29) is 0 Å². The molecule has 0 amide bonds. The molecule has 1 heteroatoms. The highest BCUT2D eigenvalue weighted by Crippen LogP contribution is 2.22. The highest BCUT2D eigenvalue weighted by Gasteiger charge is 2.04. The van der Waals surface area contributed by atoms with Crippen molar-refractivity contribution < 1.29 is 0 Å². The van der Waals surface area contributed by atoms with Gasteiger partial charge < -0.3 is 0 Å². The summed E-state index contributed by atoms with van der Waals surface area (Å²) < 4.78 is 0. The number of thiophene rings is 1. The molecule has 1 heterocycles. The van der Waals surface area contributed by atoms with Crippen molar-refractivity contribution in [2.75, 3.05) is 0 Å². The Morgan fingerprint density at radius 2 is 0.541 bits per heavy atom. The molecule has 0 unspecified atom stereocenters. The van der Waals surface area contributed by atoms with E-state index in [0.717, 1.165) is 0 Å². The van der Waals surface area contributed by atoms with Gasteiger partial charge in [-0.25, -0.2) is 0 Å². The van der Waals surface area contributed by atoms with Crippen LogP contribution in [-0.4, -0.2) is 0 Å². The quantitative estimate of drug-likeness (QED) is 0.0864. The largest absolute Gasteiger partial charge is 0.152 e. The van der Waals surface area contributed by atoms with E-state index in [1.807, 2.05) is 11.3 Å². The van der Waals surface area contributed by atoms with Crippen LogP contribution in [0.1, 0.15) is 205 Å². The molecule has 0 spiro atoms. The lowest BCUT2D eigenvalue weighted by molar-refractivity contribution is 0.529. The van der Waals surface area contributed by atoms with Crippen molar-refractivity contribution in [1.82, 2.24) is 0 Å². The predicted molar refractivity (Wildman–Crippen MR) is 172 cm³/mol. The summed E-state index contributed by atoms with van der Waals surface area (Å²) >= 11 is 1.94. The van der Waals surface area contributed by atoms with Gasteiger partial charge in [-0.1, -0.05) is 181 Å². The molecule has 0 nitrogen and oxygen atoms in total. The van der Waals surface area contributed by atoms with Gasteiger partial charge in [0, 0.05) is 0 Å². The highest BCUT2D eigenvalue weighted by molar-refractivity contribution is 7.08. The van der Waals surface area contributed by atoms with Gasteiger partial charge in [-0.3, -0.25) is 0 Å². The van der Waals surface area contributed by atoms with Gasteiger partial charge in [-0.15, -0.1) is 0 Å². The summed E-state index contributed by atoms with van der Waals surface area (Å²) in [5.41, 5.74) is 3.36. The van der Waals surface area contributed by atoms with E-state index in [4.69, 9.17) is 0 Å². The molecule has 0 aliphatic heterocycles. The van der Waals surface area contributed by atoms with Gasteiger partial charge in [-0.2, -0.15) is 11.3 Å². The Kier molecular flexibility index (Phi) is 26.9. The van der Waals surface area contributed by atoms with Crippen LogP contribution in [0.4, 0.5) is 0 Å². The molecule has 0 N–H and O–H groups in total. The summed E-state index contributed by atoms with van der Waals surface area (Å²) in [7, 11) is 0. The summed E-state index contributed by atoms with van der Waals surface area (Å²) in [5.74, 6) is 0. The average Bonchev–Trinajstić information content (AvgIpc) is 3.36. The molecule has 0 saturated carbocycles. The smallest absolute Gasteiger partial charge is 0.00584 e. The topological polar surface area (TPSA) is 0 Å².